The average Bonchev–Trinajstić information content (AvgIpc) is 2.35. The zero-order chi connectivity index (χ0) is 16.3. The van der Waals surface area contributed by atoms with Gasteiger partial charge in [0.25, 0.3) is 0 Å². The van der Waals surface area contributed by atoms with E-state index in [1.807, 2.05) is 13.8 Å². The minimum atomic E-state index is -5.61. The predicted octanol–water partition coefficient (Wildman–Crippen LogP) is 4.38. The van der Waals surface area contributed by atoms with Gasteiger partial charge < -0.3 is 4.18 Å². The summed E-state index contributed by atoms with van der Waals surface area (Å²) in [5.74, 6) is -0.345. The van der Waals surface area contributed by atoms with Crippen LogP contribution in [0.4, 0.5) is 13.2 Å². The van der Waals surface area contributed by atoms with Crippen molar-refractivity contribution in [3.8, 4) is 5.75 Å². The number of benzene rings is 1. The lowest BCUT2D eigenvalue weighted by molar-refractivity contribution is -0.0500. The first-order valence-corrected chi connectivity index (χ1v) is 8.02. The summed E-state index contributed by atoms with van der Waals surface area (Å²) in [6.45, 7) is 6.14. The number of alkyl halides is 3. The van der Waals surface area contributed by atoms with Crippen LogP contribution in [-0.2, 0) is 15.5 Å². The summed E-state index contributed by atoms with van der Waals surface area (Å²) < 4.78 is 62.5. The Morgan fingerprint density at radius 2 is 1.62 bits per heavy atom. The van der Waals surface area contributed by atoms with Crippen LogP contribution in [0.5, 0.6) is 5.75 Å². The molecular formula is C14H19F3O3S. The summed E-state index contributed by atoms with van der Waals surface area (Å²) in [7, 11) is -5.61. The van der Waals surface area contributed by atoms with E-state index in [0.29, 0.717) is 0 Å². The van der Waals surface area contributed by atoms with Crippen molar-refractivity contribution in [1.29, 1.82) is 0 Å². The molecule has 120 valence electrons. The lowest BCUT2D eigenvalue weighted by Gasteiger charge is -2.25. The fourth-order valence-electron chi connectivity index (χ4n) is 1.90. The van der Waals surface area contributed by atoms with Crippen LogP contribution >= 0.6 is 0 Å². The molecule has 0 radical (unpaired) electrons. The summed E-state index contributed by atoms with van der Waals surface area (Å²) in [6, 6.07) is 5.67. The quantitative estimate of drug-likeness (QED) is 0.576. The Kier molecular flexibility index (Phi) is 5.30. The number of rotatable bonds is 6. The molecular weight excluding hydrogens is 305 g/mol. The largest absolute Gasteiger partial charge is 0.534 e. The van der Waals surface area contributed by atoms with Gasteiger partial charge >= 0.3 is 15.6 Å². The Morgan fingerprint density at radius 3 is 2.05 bits per heavy atom. The Hall–Kier alpha value is -1.24. The second-order valence-electron chi connectivity index (χ2n) is 5.50. The molecule has 0 aliphatic rings. The first kappa shape index (κ1) is 17.8. The van der Waals surface area contributed by atoms with E-state index in [2.05, 4.69) is 11.1 Å². The van der Waals surface area contributed by atoms with E-state index in [0.717, 1.165) is 24.8 Å². The molecule has 1 aromatic carbocycles. The van der Waals surface area contributed by atoms with Crippen molar-refractivity contribution in [2.75, 3.05) is 0 Å². The first-order chi connectivity index (χ1) is 9.49. The van der Waals surface area contributed by atoms with Crippen LogP contribution in [0.1, 0.15) is 45.6 Å². The fraction of sp³-hybridized carbons (Fsp3) is 0.571. The number of halogens is 3. The number of hydrogen-bond acceptors (Lipinski definition) is 3. The maximum atomic E-state index is 12.2. The molecule has 0 spiro atoms. The standard InChI is InChI=1S/C14H19F3O3S/c1-4-5-10-13(2,3)11-6-8-12(9-7-11)20-21(18,19)14(15,16)17/h6-9H,4-5,10H2,1-3H3. The predicted molar refractivity (Wildman–Crippen MR) is 74.6 cm³/mol. The monoisotopic (exact) mass is 324 g/mol. The van der Waals surface area contributed by atoms with E-state index in [4.69, 9.17) is 0 Å². The molecule has 0 fully saturated rings. The normalized spacial score (nSPS) is 13.2. The third-order valence-electron chi connectivity index (χ3n) is 3.28. The average molecular weight is 324 g/mol. The molecule has 0 bridgehead atoms. The van der Waals surface area contributed by atoms with Gasteiger partial charge in [0.2, 0.25) is 0 Å². The number of hydrogen-bond donors (Lipinski definition) is 0. The highest BCUT2D eigenvalue weighted by Gasteiger charge is 2.48. The summed E-state index contributed by atoms with van der Waals surface area (Å²) >= 11 is 0. The van der Waals surface area contributed by atoms with Crippen molar-refractivity contribution >= 4 is 10.1 Å². The topological polar surface area (TPSA) is 43.4 Å². The van der Waals surface area contributed by atoms with Crippen molar-refractivity contribution in [2.45, 2.75) is 51.0 Å². The minimum Gasteiger partial charge on any atom is -0.376 e. The third kappa shape index (κ3) is 4.62. The van der Waals surface area contributed by atoms with E-state index in [-0.39, 0.29) is 11.2 Å². The van der Waals surface area contributed by atoms with Gasteiger partial charge in [-0.25, -0.2) is 0 Å². The van der Waals surface area contributed by atoms with E-state index in [1.54, 1.807) is 12.1 Å². The zero-order valence-electron chi connectivity index (χ0n) is 12.2. The summed E-state index contributed by atoms with van der Waals surface area (Å²) in [6.07, 6.45) is 3.02. The van der Waals surface area contributed by atoms with Crippen LogP contribution in [0.25, 0.3) is 0 Å². The second kappa shape index (κ2) is 6.25. The molecule has 7 heteroatoms. The molecule has 0 aliphatic carbocycles. The second-order valence-corrected chi connectivity index (χ2v) is 7.03. The highest BCUT2D eigenvalue weighted by Crippen LogP contribution is 2.32. The van der Waals surface area contributed by atoms with Gasteiger partial charge in [0.05, 0.1) is 0 Å². The SMILES string of the molecule is CCCCC(C)(C)c1ccc(OS(=O)(=O)C(F)(F)F)cc1. The Balaban J connectivity index is 2.89. The molecule has 21 heavy (non-hydrogen) atoms. The van der Waals surface area contributed by atoms with Crippen molar-refractivity contribution in [1.82, 2.24) is 0 Å². The molecule has 0 N–H and O–H groups in total. The Bertz CT molecular complexity index is 560. The highest BCUT2D eigenvalue weighted by atomic mass is 32.2. The van der Waals surface area contributed by atoms with E-state index in [9.17, 15) is 21.6 Å². The lowest BCUT2D eigenvalue weighted by atomic mass is 9.80. The van der Waals surface area contributed by atoms with Gasteiger partial charge in [0, 0.05) is 0 Å². The zero-order valence-corrected chi connectivity index (χ0v) is 13.0. The molecule has 0 aliphatic heterocycles. The first-order valence-electron chi connectivity index (χ1n) is 6.61. The Morgan fingerprint density at radius 1 is 1.10 bits per heavy atom. The fourth-order valence-corrected chi connectivity index (χ4v) is 2.36. The molecule has 0 atom stereocenters. The molecule has 0 saturated heterocycles. The lowest BCUT2D eigenvalue weighted by Crippen LogP contribution is -2.28. The summed E-state index contributed by atoms with van der Waals surface area (Å²) in [4.78, 5) is 0. The van der Waals surface area contributed by atoms with Crippen molar-refractivity contribution in [3.05, 3.63) is 29.8 Å². The molecule has 0 saturated carbocycles. The van der Waals surface area contributed by atoms with Gasteiger partial charge in [-0.1, -0.05) is 45.7 Å². The van der Waals surface area contributed by atoms with Crippen LogP contribution in [-0.4, -0.2) is 13.9 Å². The van der Waals surface area contributed by atoms with E-state index < -0.39 is 15.6 Å². The van der Waals surface area contributed by atoms with E-state index in [1.165, 1.54) is 12.1 Å². The molecule has 0 unspecified atom stereocenters. The van der Waals surface area contributed by atoms with Gasteiger partial charge in [0.15, 0.2) is 0 Å². The van der Waals surface area contributed by atoms with Crippen LogP contribution in [0, 0.1) is 0 Å². The smallest absolute Gasteiger partial charge is 0.376 e. The minimum absolute atomic E-state index is 0.128. The van der Waals surface area contributed by atoms with Crippen LogP contribution < -0.4 is 4.18 Å². The van der Waals surface area contributed by atoms with Gasteiger partial charge in [-0.3, -0.25) is 0 Å². The van der Waals surface area contributed by atoms with Crippen molar-refractivity contribution < 1.29 is 25.8 Å². The number of unbranched alkanes of at least 4 members (excludes halogenated alkanes) is 1. The van der Waals surface area contributed by atoms with Crippen LogP contribution in [0.15, 0.2) is 24.3 Å². The molecule has 1 aromatic rings. The maximum Gasteiger partial charge on any atom is 0.534 e. The molecule has 0 heterocycles. The molecule has 3 nitrogen and oxygen atoms in total. The van der Waals surface area contributed by atoms with Gasteiger partial charge in [0.1, 0.15) is 5.75 Å². The third-order valence-corrected chi connectivity index (χ3v) is 4.26. The molecule has 1 rings (SSSR count). The van der Waals surface area contributed by atoms with Crippen molar-refractivity contribution in [2.24, 2.45) is 0 Å². The van der Waals surface area contributed by atoms with Crippen LogP contribution in [0.2, 0.25) is 0 Å². The molecule has 0 amide bonds. The van der Waals surface area contributed by atoms with Gasteiger partial charge in [-0.15, -0.1) is 0 Å². The summed E-state index contributed by atoms with van der Waals surface area (Å²) in [5, 5.41) is 0. The van der Waals surface area contributed by atoms with Crippen LogP contribution in [0.3, 0.4) is 0 Å². The van der Waals surface area contributed by atoms with Gasteiger partial charge in [-0.2, -0.15) is 21.6 Å². The maximum absolute atomic E-state index is 12.2. The van der Waals surface area contributed by atoms with E-state index >= 15 is 0 Å². The Labute approximate surface area is 123 Å². The van der Waals surface area contributed by atoms with Gasteiger partial charge in [-0.05, 0) is 29.5 Å². The molecule has 0 aromatic heterocycles. The van der Waals surface area contributed by atoms with Crippen molar-refractivity contribution in [3.63, 3.8) is 0 Å². The summed E-state index contributed by atoms with van der Waals surface area (Å²) in [5.41, 5.74) is -4.63. The highest BCUT2D eigenvalue weighted by molar-refractivity contribution is 7.87.